The summed E-state index contributed by atoms with van der Waals surface area (Å²) in [6.45, 7) is 31.1. The number of anilines is 4. The van der Waals surface area contributed by atoms with Crippen LogP contribution in [0.25, 0.3) is 27.6 Å². The molecular weight excluding hydrogens is 777 g/mol. The first kappa shape index (κ1) is 43.1. The molecule has 4 heteroatoms. The number of hydrogen-bond donors (Lipinski definition) is 0. The lowest BCUT2D eigenvalue weighted by Gasteiger charge is -2.32. The largest absolute Gasteiger partial charge is 0.321 e. The minimum atomic E-state index is -0.336. The molecule has 8 aromatic rings. The topological polar surface area (TPSA) is 24.3 Å². The van der Waals surface area contributed by atoms with Crippen LogP contribution < -0.4 is 9.80 Å². The van der Waals surface area contributed by atoms with E-state index in [4.69, 9.17) is 4.98 Å². The molecule has 0 saturated heterocycles. The van der Waals surface area contributed by atoms with Gasteiger partial charge in [0, 0.05) is 39.2 Å². The molecule has 1 aliphatic heterocycles. The second-order valence-corrected chi connectivity index (χ2v) is 22.4. The maximum absolute atomic E-state index is 5.07. The van der Waals surface area contributed by atoms with Gasteiger partial charge in [-0.3, -0.25) is 4.57 Å². The second kappa shape index (κ2) is 15.3. The molecule has 0 aliphatic carbocycles. The number of pyridine rings is 1. The highest BCUT2D eigenvalue weighted by atomic mass is 15.4. The Morgan fingerprint density at radius 1 is 0.375 bits per heavy atom. The van der Waals surface area contributed by atoms with Gasteiger partial charge in [0.2, 0.25) is 0 Å². The highest BCUT2D eigenvalue weighted by molar-refractivity contribution is 6.09. The van der Waals surface area contributed by atoms with Crippen LogP contribution in [-0.4, -0.2) is 16.2 Å². The monoisotopic (exact) mass is 843 g/mol. The van der Waals surface area contributed by atoms with E-state index in [2.05, 4.69) is 250 Å². The Morgan fingerprint density at radius 2 is 0.844 bits per heavy atom. The lowest BCUT2D eigenvalue weighted by Crippen LogP contribution is -2.27. The fourth-order valence-electron chi connectivity index (χ4n) is 9.57. The quantitative estimate of drug-likeness (QED) is 0.160. The molecule has 0 saturated carbocycles. The fraction of sp³-hybridized carbons (Fsp3) is 0.317. The molecule has 6 aromatic carbocycles. The van der Waals surface area contributed by atoms with Crippen LogP contribution in [0.1, 0.15) is 129 Å². The molecule has 0 bridgehead atoms. The molecule has 0 fully saturated rings. The Hall–Kier alpha value is -6.13. The van der Waals surface area contributed by atoms with Gasteiger partial charge in [0.1, 0.15) is 12.5 Å². The van der Waals surface area contributed by atoms with Gasteiger partial charge < -0.3 is 9.80 Å². The van der Waals surface area contributed by atoms with Gasteiger partial charge in [0.15, 0.2) is 0 Å². The molecule has 0 unspecified atom stereocenters. The molecule has 0 N–H and O–H groups in total. The zero-order valence-corrected chi connectivity index (χ0v) is 40.4. The van der Waals surface area contributed by atoms with Crippen molar-refractivity contribution in [3.05, 3.63) is 191 Å². The number of benzene rings is 6. The third-order valence-electron chi connectivity index (χ3n) is 14.1. The first-order chi connectivity index (χ1) is 30.1. The average molecular weight is 843 g/mol. The summed E-state index contributed by atoms with van der Waals surface area (Å²) in [6, 6.07) is 54.7. The van der Waals surface area contributed by atoms with E-state index in [0.717, 1.165) is 23.5 Å². The van der Waals surface area contributed by atoms with E-state index < -0.39 is 0 Å². The van der Waals surface area contributed by atoms with Crippen LogP contribution in [0, 0.1) is 0 Å². The zero-order valence-electron chi connectivity index (χ0n) is 40.4. The van der Waals surface area contributed by atoms with Crippen molar-refractivity contribution in [1.82, 2.24) is 9.55 Å². The number of hydrogen-bond acceptors (Lipinski definition) is 3. The molecule has 0 radical (unpaired) electrons. The third-order valence-corrected chi connectivity index (χ3v) is 14.1. The van der Waals surface area contributed by atoms with E-state index in [1.807, 2.05) is 6.20 Å². The van der Waals surface area contributed by atoms with Crippen molar-refractivity contribution in [1.29, 1.82) is 0 Å². The van der Waals surface area contributed by atoms with Crippen LogP contribution in [0.2, 0.25) is 0 Å². The molecule has 1 aliphatic rings. The number of fused-ring (bicyclic) bond motifs is 4. The predicted octanol–water partition coefficient (Wildman–Crippen LogP) is 16.0. The van der Waals surface area contributed by atoms with Crippen LogP contribution in [0.15, 0.2) is 152 Å². The first-order valence-corrected chi connectivity index (χ1v) is 23.1. The predicted molar refractivity (Wildman–Crippen MR) is 274 cm³/mol. The lowest BCUT2D eigenvalue weighted by atomic mass is 9.75. The van der Waals surface area contributed by atoms with Gasteiger partial charge in [-0.1, -0.05) is 175 Å². The fourth-order valence-corrected chi connectivity index (χ4v) is 9.57. The standard InChI is InChI=1S/C60H66N4/c1-56(2,3)43-31-44(57(4,5)6)34-47(33-43)62-39-63(53-26-20-19-25-52(53)62)48-35-45(58(7,8)9)32-46(36-48)60(12,13)41-27-28-50-49-23-17-18-24-51(49)64(54(50)37-41)55-38-42(29-30-61-55)59(10,11)40-21-15-14-16-22-40/h14-38H,39H2,1-13H3. The van der Waals surface area contributed by atoms with Crippen molar-refractivity contribution in [2.75, 3.05) is 16.5 Å². The SMILES string of the molecule is CC(C)(C)c1cc(N2CN(c3cc(C(C)(C)C)cc(C(C)(C)c4ccc5c6ccccc6n(-c6cc(C(C)(C)c7ccccc7)ccn6)c5c4)c3)c3ccccc32)cc(C(C)(C)C)c1. The maximum atomic E-state index is 5.07. The molecule has 326 valence electrons. The lowest BCUT2D eigenvalue weighted by molar-refractivity contribution is 0.568. The zero-order chi connectivity index (χ0) is 45.6. The molecule has 0 atom stereocenters. The highest BCUT2D eigenvalue weighted by Crippen LogP contribution is 2.48. The summed E-state index contributed by atoms with van der Waals surface area (Å²) in [4.78, 5) is 10.1. The van der Waals surface area contributed by atoms with Crippen molar-refractivity contribution in [2.24, 2.45) is 0 Å². The number of rotatable bonds is 7. The van der Waals surface area contributed by atoms with Crippen molar-refractivity contribution >= 4 is 44.6 Å². The van der Waals surface area contributed by atoms with E-state index in [0.29, 0.717) is 0 Å². The van der Waals surface area contributed by atoms with Gasteiger partial charge in [-0.05, 0) is 116 Å². The Bertz CT molecular complexity index is 3000. The molecule has 0 amide bonds. The first-order valence-electron chi connectivity index (χ1n) is 23.1. The van der Waals surface area contributed by atoms with Crippen LogP contribution in [0.4, 0.5) is 22.7 Å². The molecule has 3 heterocycles. The van der Waals surface area contributed by atoms with Gasteiger partial charge in [-0.2, -0.15) is 0 Å². The van der Waals surface area contributed by atoms with Crippen LogP contribution in [-0.2, 0) is 27.1 Å². The minimum Gasteiger partial charge on any atom is -0.321 e. The van der Waals surface area contributed by atoms with Gasteiger partial charge in [0.05, 0.1) is 22.4 Å². The Labute approximate surface area is 382 Å². The summed E-state index contributed by atoms with van der Waals surface area (Å²) in [7, 11) is 0. The van der Waals surface area contributed by atoms with Crippen LogP contribution in [0.3, 0.4) is 0 Å². The molecular formula is C60H66N4. The van der Waals surface area contributed by atoms with Gasteiger partial charge in [-0.25, -0.2) is 4.98 Å². The summed E-state index contributed by atoms with van der Waals surface area (Å²) in [6.07, 6.45) is 1.98. The summed E-state index contributed by atoms with van der Waals surface area (Å²) in [5.41, 5.74) is 15.8. The number of nitrogens with zero attached hydrogens (tertiary/aromatic N) is 4. The summed E-state index contributed by atoms with van der Waals surface area (Å²) >= 11 is 0. The van der Waals surface area contributed by atoms with E-state index in [9.17, 15) is 0 Å². The Kier molecular flexibility index (Phi) is 10.3. The summed E-state index contributed by atoms with van der Waals surface area (Å²) < 4.78 is 2.38. The molecule has 64 heavy (non-hydrogen) atoms. The van der Waals surface area contributed by atoms with Gasteiger partial charge in [-0.15, -0.1) is 0 Å². The molecule has 9 rings (SSSR count). The van der Waals surface area contributed by atoms with Gasteiger partial charge in [0.25, 0.3) is 0 Å². The second-order valence-electron chi connectivity index (χ2n) is 22.4. The highest BCUT2D eigenvalue weighted by Gasteiger charge is 2.34. The third kappa shape index (κ3) is 7.59. The molecule has 4 nitrogen and oxygen atoms in total. The van der Waals surface area contributed by atoms with E-state index in [-0.39, 0.29) is 27.1 Å². The van der Waals surface area contributed by atoms with Gasteiger partial charge >= 0.3 is 0 Å². The Balaban J connectivity index is 1.17. The van der Waals surface area contributed by atoms with E-state index in [1.54, 1.807) is 0 Å². The Morgan fingerprint density at radius 3 is 1.42 bits per heavy atom. The summed E-state index contributed by atoms with van der Waals surface area (Å²) in [5, 5.41) is 2.46. The maximum Gasteiger partial charge on any atom is 0.137 e. The van der Waals surface area contributed by atoms with Crippen LogP contribution in [0.5, 0.6) is 0 Å². The van der Waals surface area contributed by atoms with Crippen molar-refractivity contribution in [3.8, 4) is 5.82 Å². The van der Waals surface area contributed by atoms with Crippen molar-refractivity contribution in [2.45, 2.75) is 117 Å². The minimum absolute atomic E-state index is 0.0215. The number of para-hydroxylation sites is 3. The van der Waals surface area contributed by atoms with E-state index in [1.165, 1.54) is 72.5 Å². The normalized spacial score (nSPS) is 13.9. The molecule has 0 spiro atoms. The number of aromatic nitrogens is 2. The van der Waals surface area contributed by atoms with Crippen molar-refractivity contribution < 1.29 is 0 Å². The van der Waals surface area contributed by atoms with Crippen LogP contribution >= 0.6 is 0 Å². The smallest absolute Gasteiger partial charge is 0.137 e. The van der Waals surface area contributed by atoms with Crippen molar-refractivity contribution in [3.63, 3.8) is 0 Å². The molecule has 2 aromatic heterocycles. The summed E-state index contributed by atoms with van der Waals surface area (Å²) in [5.74, 6) is 0.930. The average Bonchev–Trinajstić information content (AvgIpc) is 3.82. The van der Waals surface area contributed by atoms with E-state index >= 15 is 0 Å².